The van der Waals surface area contributed by atoms with Gasteiger partial charge in [0.25, 0.3) is 0 Å². The van der Waals surface area contributed by atoms with E-state index in [0.29, 0.717) is 5.69 Å². The number of nitrogens with one attached hydrogen (secondary N) is 1. The summed E-state index contributed by atoms with van der Waals surface area (Å²) in [5.74, 6) is -1.32. The Bertz CT molecular complexity index is 837. The zero-order valence-corrected chi connectivity index (χ0v) is 17.4. The Labute approximate surface area is 171 Å². The number of carbonyl (C=O) groups excluding carboxylic acids is 2. The molecule has 154 valence electrons. The first-order valence-corrected chi connectivity index (χ1v) is 9.57. The number of hydrazone groups is 1. The number of ketones is 1. The molecule has 0 saturated carbocycles. The van der Waals surface area contributed by atoms with E-state index in [4.69, 9.17) is 9.47 Å². The van der Waals surface area contributed by atoms with Crippen LogP contribution in [0.1, 0.15) is 38.8 Å². The van der Waals surface area contributed by atoms with Crippen molar-refractivity contribution in [1.29, 1.82) is 0 Å². The van der Waals surface area contributed by atoms with E-state index in [1.165, 1.54) is 5.56 Å². The van der Waals surface area contributed by atoms with Crippen molar-refractivity contribution in [2.24, 2.45) is 5.10 Å². The van der Waals surface area contributed by atoms with Crippen molar-refractivity contribution >= 4 is 23.2 Å². The molecule has 29 heavy (non-hydrogen) atoms. The summed E-state index contributed by atoms with van der Waals surface area (Å²) >= 11 is 0. The predicted molar refractivity (Wildman–Crippen MR) is 114 cm³/mol. The zero-order chi connectivity index (χ0) is 21.3. The monoisotopic (exact) mass is 396 g/mol. The highest BCUT2D eigenvalue weighted by molar-refractivity contribution is 6.64. The molecule has 2 rings (SSSR count). The van der Waals surface area contributed by atoms with Crippen molar-refractivity contribution in [2.75, 3.05) is 18.6 Å². The summed E-state index contributed by atoms with van der Waals surface area (Å²) in [6, 6.07) is 17.1. The molecular formula is C23H28N2O4. The summed E-state index contributed by atoms with van der Waals surface area (Å²) in [6.07, 6.45) is 0. The fourth-order valence-electron chi connectivity index (χ4n) is 2.49. The number of anilines is 1. The van der Waals surface area contributed by atoms with E-state index >= 15 is 0 Å². The number of Topliss-reactive ketones (excluding diaryl/α,β-unsaturated/α-hetero) is 1. The molecule has 2 aromatic carbocycles. The van der Waals surface area contributed by atoms with Gasteiger partial charge in [-0.25, -0.2) is 4.79 Å². The molecule has 0 saturated heterocycles. The Morgan fingerprint density at radius 1 is 1.00 bits per heavy atom. The number of benzene rings is 2. The van der Waals surface area contributed by atoms with Crippen LogP contribution in [0.25, 0.3) is 0 Å². The topological polar surface area (TPSA) is 77.0 Å². The molecule has 2 aromatic rings. The molecule has 6 heteroatoms. The molecule has 0 bridgehead atoms. The highest BCUT2D eigenvalue weighted by Gasteiger charge is 2.22. The van der Waals surface area contributed by atoms with E-state index in [9.17, 15) is 9.59 Å². The lowest BCUT2D eigenvalue weighted by Crippen LogP contribution is -2.30. The molecule has 0 heterocycles. The maximum atomic E-state index is 12.5. The SMILES string of the molecule is CCOC(=O)/C(=N/Nc1ccc(C(C)(C)C)cc1)C(=O)COCc1ccccc1. The molecule has 0 amide bonds. The van der Waals surface area contributed by atoms with Gasteiger partial charge in [0.05, 0.1) is 18.9 Å². The largest absolute Gasteiger partial charge is 0.461 e. The summed E-state index contributed by atoms with van der Waals surface area (Å²) in [4.78, 5) is 24.6. The summed E-state index contributed by atoms with van der Waals surface area (Å²) in [5.41, 5.74) is 5.25. The van der Waals surface area contributed by atoms with Crippen molar-refractivity contribution in [3.63, 3.8) is 0 Å². The Morgan fingerprint density at radius 2 is 1.66 bits per heavy atom. The summed E-state index contributed by atoms with van der Waals surface area (Å²) in [5, 5.41) is 3.99. The number of esters is 1. The molecule has 1 N–H and O–H groups in total. The smallest absolute Gasteiger partial charge is 0.362 e. The first-order valence-electron chi connectivity index (χ1n) is 9.57. The van der Waals surface area contributed by atoms with Crippen LogP contribution in [0, 0.1) is 0 Å². The van der Waals surface area contributed by atoms with Crippen LogP contribution in [-0.4, -0.2) is 30.7 Å². The van der Waals surface area contributed by atoms with Gasteiger partial charge >= 0.3 is 5.97 Å². The molecule has 0 atom stereocenters. The normalized spacial score (nSPS) is 11.8. The third-order valence-corrected chi connectivity index (χ3v) is 4.13. The highest BCUT2D eigenvalue weighted by Crippen LogP contribution is 2.23. The minimum Gasteiger partial charge on any atom is -0.461 e. The van der Waals surface area contributed by atoms with Crippen molar-refractivity contribution in [1.82, 2.24) is 0 Å². The summed E-state index contributed by atoms with van der Waals surface area (Å²) < 4.78 is 10.4. The second-order valence-corrected chi connectivity index (χ2v) is 7.52. The number of rotatable bonds is 9. The lowest BCUT2D eigenvalue weighted by molar-refractivity contribution is -0.136. The van der Waals surface area contributed by atoms with Crippen molar-refractivity contribution in [3.05, 3.63) is 65.7 Å². The standard InChI is InChI=1S/C23H28N2O4/c1-5-29-22(27)21(20(26)16-28-15-17-9-7-6-8-10-17)25-24-19-13-11-18(12-14-19)23(2,3)4/h6-14,24H,5,15-16H2,1-4H3/b25-21+. The Balaban J connectivity index is 2.04. The van der Waals surface area contributed by atoms with Crippen LogP contribution in [0.5, 0.6) is 0 Å². The van der Waals surface area contributed by atoms with Gasteiger partial charge in [-0.2, -0.15) is 5.10 Å². The van der Waals surface area contributed by atoms with Crippen molar-refractivity contribution < 1.29 is 19.1 Å². The van der Waals surface area contributed by atoms with E-state index in [0.717, 1.165) is 5.56 Å². The molecule has 0 aliphatic carbocycles. The van der Waals surface area contributed by atoms with Crippen LogP contribution in [-0.2, 0) is 31.1 Å². The molecule has 0 aliphatic heterocycles. The van der Waals surface area contributed by atoms with Crippen LogP contribution >= 0.6 is 0 Å². The van der Waals surface area contributed by atoms with Crippen LogP contribution in [0.3, 0.4) is 0 Å². The average Bonchev–Trinajstić information content (AvgIpc) is 2.69. The molecule has 0 aliphatic rings. The second kappa shape index (κ2) is 10.5. The molecule has 6 nitrogen and oxygen atoms in total. The third-order valence-electron chi connectivity index (χ3n) is 4.13. The summed E-state index contributed by atoms with van der Waals surface area (Å²) in [7, 11) is 0. The van der Waals surface area contributed by atoms with E-state index < -0.39 is 11.8 Å². The quantitative estimate of drug-likeness (QED) is 0.299. The van der Waals surface area contributed by atoms with Gasteiger partial charge in [-0.05, 0) is 35.6 Å². The van der Waals surface area contributed by atoms with Gasteiger partial charge in [0.2, 0.25) is 11.5 Å². The predicted octanol–water partition coefficient (Wildman–Crippen LogP) is 4.10. The lowest BCUT2D eigenvalue weighted by atomic mass is 9.87. The Kier molecular flexibility index (Phi) is 8.09. The van der Waals surface area contributed by atoms with Crippen LogP contribution in [0.15, 0.2) is 59.7 Å². The maximum absolute atomic E-state index is 12.5. The number of nitrogens with zero attached hydrogens (tertiary/aromatic N) is 1. The maximum Gasteiger partial charge on any atom is 0.362 e. The molecule has 0 aromatic heterocycles. The summed E-state index contributed by atoms with van der Waals surface area (Å²) in [6.45, 7) is 8.20. The van der Waals surface area contributed by atoms with Gasteiger partial charge < -0.3 is 9.47 Å². The van der Waals surface area contributed by atoms with Crippen LogP contribution in [0.2, 0.25) is 0 Å². The molecule has 0 unspecified atom stereocenters. The van der Waals surface area contributed by atoms with E-state index in [1.807, 2.05) is 54.6 Å². The van der Waals surface area contributed by atoms with Gasteiger partial charge in [-0.1, -0.05) is 63.2 Å². The van der Waals surface area contributed by atoms with Gasteiger partial charge in [-0.3, -0.25) is 10.2 Å². The van der Waals surface area contributed by atoms with E-state index in [-0.39, 0.29) is 30.9 Å². The number of ether oxygens (including phenoxy) is 2. The Hall–Kier alpha value is -2.99. The number of carbonyl (C=O) groups is 2. The van der Waals surface area contributed by atoms with Gasteiger partial charge in [0, 0.05) is 0 Å². The molecular weight excluding hydrogens is 368 g/mol. The number of hydrogen-bond acceptors (Lipinski definition) is 6. The van der Waals surface area contributed by atoms with Crippen LogP contribution < -0.4 is 5.43 Å². The minimum absolute atomic E-state index is 0.0317. The lowest BCUT2D eigenvalue weighted by Gasteiger charge is -2.19. The van der Waals surface area contributed by atoms with E-state index in [2.05, 4.69) is 31.3 Å². The molecule has 0 spiro atoms. The molecule has 0 fully saturated rings. The molecule has 0 radical (unpaired) electrons. The first-order chi connectivity index (χ1) is 13.8. The minimum atomic E-state index is -0.778. The fraction of sp³-hybridized carbons (Fsp3) is 0.348. The third kappa shape index (κ3) is 7.16. The average molecular weight is 396 g/mol. The zero-order valence-electron chi connectivity index (χ0n) is 17.4. The van der Waals surface area contributed by atoms with Gasteiger partial charge in [0.1, 0.15) is 6.61 Å². The van der Waals surface area contributed by atoms with Gasteiger partial charge in [-0.15, -0.1) is 0 Å². The van der Waals surface area contributed by atoms with Crippen molar-refractivity contribution in [2.45, 2.75) is 39.7 Å². The van der Waals surface area contributed by atoms with Crippen molar-refractivity contribution in [3.8, 4) is 0 Å². The number of hydrogen-bond donors (Lipinski definition) is 1. The van der Waals surface area contributed by atoms with E-state index in [1.54, 1.807) is 6.92 Å². The fourth-order valence-corrected chi connectivity index (χ4v) is 2.49. The van der Waals surface area contributed by atoms with Gasteiger partial charge in [0.15, 0.2) is 0 Å². The highest BCUT2D eigenvalue weighted by atomic mass is 16.5. The first kappa shape index (κ1) is 22.3. The second-order valence-electron chi connectivity index (χ2n) is 7.52. The Morgan fingerprint density at radius 3 is 2.24 bits per heavy atom. The van der Waals surface area contributed by atoms with Crippen LogP contribution in [0.4, 0.5) is 5.69 Å².